The first-order chi connectivity index (χ1) is 12.3. The molecule has 7 nitrogen and oxygen atoms in total. The number of nitrogens with zero attached hydrogens (tertiary/aromatic N) is 2. The van der Waals surface area contributed by atoms with Crippen LogP contribution in [0, 0.1) is 6.92 Å². The van der Waals surface area contributed by atoms with Crippen LogP contribution in [0.4, 0.5) is 5.69 Å². The maximum Gasteiger partial charge on any atom is 0.271 e. The zero-order chi connectivity index (χ0) is 18.9. The van der Waals surface area contributed by atoms with Crippen molar-refractivity contribution in [2.75, 3.05) is 11.8 Å². The number of ether oxygens (including phenoxy) is 1. The molecule has 9 heteroatoms. The number of methoxy groups -OCH3 is 1. The first-order valence-corrected chi connectivity index (χ1v) is 9.97. The van der Waals surface area contributed by atoms with E-state index in [-0.39, 0.29) is 9.77 Å². The van der Waals surface area contributed by atoms with Gasteiger partial charge in [0.25, 0.3) is 15.6 Å². The molecule has 0 spiro atoms. The molecule has 0 atom stereocenters. The van der Waals surface area contributed by atoms with E-state index in [0.29, 0.717) is 22.7 Å². The van der Waals surface area contributed by atoms with Gasteiger partial charge in [0.15, 0.2) is 0 Å². The summed E-state index contributed by atoms with van der Waals surface area (Å²) in [5.41, 5.74) is 2.21. The van der Waals surface area contributed by atoms with Crippen molar-refractivity contribution < 1.29 is 13.2 Å². The van der Waals surface area contributed by atoms with Crippen molar-refractivity contribution in [3.8, 4) is 17.0 Å². The molecule has 0 saturated carbocycles. The molecule has 1 aromatic carbocycles. The largest absolute Gasteiger partial charge is 0.495 e. The van der Waals surface area contributed by atoms with Gasteiger partial charge >= 0.3 is 0 Å². The van der Waals surface area contributed by atoms with Gasteiger partial charge < -0.3 is 4.74 Å². The van der Waals surface area contributed by atoms with Crippen LogP contribution in [0.1, 0.15) is 5.56 Å². The summed E-state index contributed by atoms with van der Waals surface area (Å²) in [7, 11) is -0.750. The lowest BCUT2D eigenvalue weighted by Crippen LogP contribution is -2.18. The van der Waals surface area contributed by atoms with Crippen molar-refractivity contribution in [2.45, 2.75) is 11.1 Å². The summed E-state index contributed by atoms with van der Waals surface area (Å²) in [4.78, 5) is 11.4. The summed E-state index contributed by atoms with van der Waals surface area (Å²) in [6.07, 6.45) is 0. The van der Waals surface area contributed by atoms with E-state index in [1.165, 1.54) is 23.9 Å². The molecule has 0 fully saturated rings. The Morgan fingerprint density at radius 3 is 2.65 bits per heavy atom. The SMILES string of the molecule is COc1ccc(C)cc1NS(=O)(=O)c1cc(-c2ccc(=O)n(C)n2)cs1. The van der Waals surface area contributed by atoms with E-state index < -0.39 is 10.0 Å². The van der Waals surface area contributed by atoms with Crippen LogP contribution >= 0.6 is 11.3 Å². The Kier molecular flexibility index (Phi) is 4.84. The van der Waals surface area contributed by atoms with E-state index in [0.717, 1.165) is 16.9 Å². The maximum atomic E-state index is 12.7. The molecule has 0 aliphatic heterocycles. The number of nitrogens with one attached hydrogen (secondary N) is 1. The first-order valence-electron chi connectivity index (χ1n) is 7.61. The predicted molar refractivity (Wildman–Crippen MR) is 101 cm³/mol. The van der Waals surface area contributed by atoms with Crippen LogP contribution in [0.2, 0.25) is 0 Å². The second-order valence-electron chi connectivity index (χ2n) is 5.64. The topological polar surface area (TPSA) is 90.3 Å². The average Bonchev–Trinajstić information content (AvgIpc) is 3.08. The Morgan fingerprint density at radius 1 is 1.19 bits per heavy atom. The van der Waals surface area contributed by atoms with Gasteiger partial charge in [-0.05, 0) is 36.8 Å². The second kappa shape index (κ2) is 6.93. The molecule has 26 heavy (non-hydrogen) atoms. The van der Waals surface area contributed by atoms with Crippen LogP contribution in [0.5, 0.6) is 5.75 Å². The van der Waals surface area contributed by atoms with Crippen molar-refractivity contribution >= 4 is 27.0 Å². The molecule has 0 amide bonds. The zero-order valence-corrected chi connectivity index (χ0v) is 16.0. The maximum absolute atomic E-state index is 12.7. The number of rotatable bonds is 5. The summed E-state index contributed by atoms with van der Waals surface area (Å²) in [6.45, 7) is 1.87. The van der Waals surface area contributed by atoms with Crippen molar-refractivity contribution in [2.24, 2.45) is 7.05 Å². The molecule has 0 unspecified atom stereocenters. The number of benzene rings is 1. The number of aromatic nitrogens is 2. The highest BCUT2D eigenvalue weighted by Gasteiger charge is 2.20. The van der Waals surface area contributed by atoms with Gasteiger partial charge in [-0.1, -0.05) is 6.07 Å². The third-order valence-electron chi connectivity index (χ3n) is 3.70. The fourth-order valence-electron chi connectivity index (χ4n) is 2.34. The van der Waals surface area contributed by atoms with Gasteiger partial charge in [0.1, 0.15) is 9.96 Å². The van der Waals surface area contributed by atoms with Gasteiger partial charge in [-0.25, -0.2) is 13.1 Å². The molecule has 2 aromatic heterocycles. The van der Waals surface area contributed by atoms with Crippen molar-refractivity contribution in [3.63, 3.8) is 0 Å². The first kappa shape index (κ1) is 18.2. The third kappa shape index (κ3) is 3.63. The lowest BCUT2D eigenvalue weighted by molar-refractivity contribution is 0.417. The van der Waals surface area contributed by atoms with E-state index in [2.05, 4.69) is 9.82 Å². The molecule has 0 aliphatic rings. The lowest BCUT2D eigenvalue weighted by Gasteiger charge is -2.11. The highest BCUT2D eigenvalue weighted by Crippen LogP contribution is 2.31. The molecule has 0 radical (unpaired) electrons. The lowest BCUT2D eigenvalue weighted by atomic mass is 10.2. The smallest absolute Gasteiger partial charge is 0.271 e. The molecule has 3 rings (SSSR count). The monoisotopic (exact) mass is 391 g/mol. The Bertz CT molecular complexity index is 1120. The van der Waals surface area contributed by atoms with Gasteiger partial charge in [0.2, 0.25) is 0 Å². The molecule has 136 valence electrons. The van der Waals surface area contributed by atoms with Crippen LogP contribution < -0.4 is 15.0 Å². The Labute approximate surface area is 154 Å². The van der Waals surface area contributed by atoms with Crippen LogP contribution in [0.3, 0.4) is 0 Å². The Balaban J connectivity index is 1.94. The number of thiophene rings is 1. The highest BCUT2D eigenvalue weighted by atomic mass is 32.2. The van der Waals surface area contributed by atoms with Gasteiger partial charge in [-0.2, -0.15) is 5.10 Å². The molecule has 0 bridgehead atoms. The summed E-state index contributed by atoms with van der Waals surface area (Å²) in [5, 5.41) is 5.83. The quantitative estimate of drug-likeness (QED) is 0.722. The van der Waals surface area contributed by atoms with E-state index in [1.807, 2.05) is 13.0 Å². The van der Waals surface area contributed by atoms with E-state index >= 15 is 0 Å². The standard InChI is InChI=1S/C17H17N3O4S2/c1-11-4-6-15(24-3)14(8-11)19-26(22,23)17-9-12(10-25-17)13-5-7-16(21)20(2)18-13/h4-10,19H,1-3H3. The summed E-state index contributed by atoms with van der Waals surface area (Å²) in [6, 6.07) is 9.75. The van der Waals surface area contributed by atoms with Gasteiger partial charge in [-0.15, -0.1) is 11.3 Å². The van der Waals surface area contributed by atoms with E-state index in [9.17, 15) is 13.2 Å². The average molecular weight is 391 g/mol. The van der Waals surface area contributed by atoms with Crippen molar-refractivity contribution in [1.82, 2.24) is 9.78 Å². The predicted octanol–water partition coefficient (Wildman–Crippen LogP) is 2.63. The van der Waals surface area contributed by atoms with Gasteiger partial charge in [-0.3, -0.25) is 9.52 Å². The van der Waals surface area contributed by atoms with Crippen LogP contribution in [-0.4, -0.2) is 25.3 Å². The number of hydrogen-bond acceptors (Lipinski definition) is 6. The highest BCUT2D eigenvalue weighted by molar-refractivity contribution is 7.94. The Morgan fingerprint density at radius 2 is 1.96 bits per heavy atom. The molecular weight excluding hydrogens is 374 g/mol. The van der Waals surface area contributed by atoms with Gasteiger partial charge in [0, 0.05) is 24.1 Å². The molecule has 3 aromatic rings. The minimum absolute atomic E-state index is 0.145. The summed E-state index contributed by atoms with van der Waals surface area (Å²) in [5.74, 6) is 0.440. The van der Waals surface area contributed by atoms with Crippen molar-refractivity contribution in [1.29, 1.82) is 0 Å². The van der Waals surface area contributed by atoms with Crippen LogP contribution in [0.25, 0.3) is 11.3 Å². The molecule has 1 N–H and O–H groups in total. The minimum Gasteiger partial charge on any atom is -0.495 e. The number of anilines is 1. The number of aryl methyl sites for hydroxylation is 2. The Hall–Kier alpha value is -2.65. The molecule has 0 saturated heterocycles. The van der Waals surface area contributed by atoms with Gasteiger partial charge in [0.05, 0.1) is 18.5 Å². The zero-order valence-electron chi connectivity index (χ0n) is 14.4. The fourth-order valence-corrected chi connectivity index (χ4v) is 4.58. The second-order valence-corrected chi connectivity index (χ2v) is 8.46. The van der Waals surface area contributed by atoms with Crippen molar-refractivity contribution in [3.05, 3.63) is 57.7 Å². The summed E-state index contributed by atoms with van der Waals surface area (Å²) < 4.78 is 34.6. The summed E-state index contributed by atoms with van der Waals surface area (Å²) >= 11 is 1.08. The molecule has 0 aliphatic carbocycles. The normalized spacial score (nSPS) is 11.3. The third-order valence-corrected chi connectivity index (χ3v) is 6.50. The van der Waals surface area contributed by atoms with Crippen LogP contribution in [-0.2, 0) is 17.1 Å². The van der Waals surface area contributed by atoms with E-state index in [4.69, 9.17) is 4.74 Å². The fraction of sp³-hybridized carbons (Fsp3) is 0.176. The molecule has 2 heterocycles. The number of hydrogen-bond donors (Lipinski definition) is 1. The molecular formula is C17H17N3O4S2. The van der Waals surface area contributed by atoms with Crippen LogP contribution in [0.15, 0.2) is 50.8 Å². The number of sulfonamides is 1. The minimum atomic E-state index is -3.78. The van der Waals surface area contributed by atoms with E-state index in [1.54, 1.807) is 30.6 Å².